The summed E-state index contributed by atoms with van der Waals surface area (Å²) in [6, 6.07) is 15.6. The summed E-state index contributed by atoms with van der Waals surface area (Å²) in [5.74, 6) is 1.00. The summed E-state index contributed by atoms with van der Waals surface area (Å²) in [4.78, 5) is 19.8. The molecule has 27 heavy (non-hydrogen) atoms. The number of carbonyl (C=O) groups excluding carboxylic acids is 1. The van der Waals surface area contributed by atoms with Gasteiger partial charge < -0.3 is 9.88 Å². The highest BCUT2D eigenvalue weighted by atomic mass is 16.1. The number of hydrogen-bond acceptors (Lipinski definition) is 3. The molecule has 2 aromatic carbocycles. The summed E-state index contributed by atoms with van der Waals surface area (Å²) in [5.41, 5.74) is 3.48. The largest absolute Gasteiger partial charge is 0.324 e. The van der Waals surface area contributed by atoms with Crippen LogP contribution in [-0.4, -0.2) is 33.4 Å². The molecule has 1 aromatic heterocycles. The van der Waals surface area contributed by atoms with Crippen LogP contribution in [0.3, 0.4) is 0 Å². The standard InChI is InChI=1S/C22H26N4O/c1-16(2)26-20-11-10-18(23-22(27)17-8-4-3-5-9-17)14-19(20)24-21(26)15-25-12-6-7-13-25/h3-5,8-11,14,16H,6-7,12-13,15H2,1-2H3,(H,23,27). The highest BCUT2D eigenvalue weighted by molar-refractivity contribution is 6.04. The Labute approximate surface area is 160 Å². The number of rotatable bonds is 5. The van der Waals surface area contributed by atoms with Crippen molar-refractivity contribution in [1.82, 2.24) is 14.5 Å². The van der Waals surface area contributed by atoms with E-state index in [4.69, 9.17) is 4.98 Å². The number of anilines is 1. The molecule has 1 aliphatic rings. The summed E-state index contributed by atoms with van der Waals surface area (Å²) in [6.07, 6.45) is 2.55. The quantitative estimate of drug-likeness (QED) is 0.729. The minimum atomic E-state index is -0.101. The number of hydrogen-bond donors (Lipinski definition) is 1. The minimum absolute atomic E-state index is 0.101. The molecule has 1 fully saturated rings. The average molecular weight is 362 g/mol. The second-order valence-electron chi connectivity index (χ2n) is 7.50. The summed E-state index contributed by atoms with van der Waals surface area (Å²) in [7, 11) is 0. The third-order valence-electron chi connectivity index (χ3n) is 5.14. The number of benzene rings is 2. The Morgan fingerprint density at radius 1 is 1.11 bits per heavy atom. The van der Waals surface area contributed by atoms with Gasteiger partial charge in [0.2, 0.25) is 0 Å². The van der Waals surface area contributed by atoms with Gasteiger partial charge in [0, 0.05) is 17.3 Å². The molecule has 0 atom stereocenters. The van der Waals surface area contributed by atoms with Crippen molar-refractivity contribution < 1.29 is 4.79 Å². The first-order chi connectivity index (χ1) is 13.1. The first kappa shape index (κ1) is 17.7. The SMILES string of the molecule is CC(C)n1c(CN2CCCC2)nc2cc(NC(=O)c3ccccc3)ccc21. The summed E-state index contributed by atoms with van der Waals surface area (Å²) in [5, 5.41) is 2.98. The van der Waals surface area contributed by atoms with Crippen LogP contribution in [0.4, 0.5) is 5.69 Å². The van der Waals surface area contributed by atoms with Crippen molar-refractivity contribution >= 4 is 22.6 Å². The van der Waals surface area contributed by atoms with Gasteiger partial charge in [-0.15, -0.1) is 0 Å². The molecule has 0 radical (unpaired) electrons. The highest BCUT2D eigenvalue weighted by Crippen LogP contribution is 2.26. The second kappa shape index (κ2) is 7.53. The van der Waals surface area contributed by atoms with E-state index >= 15 is 0 Å². The third kappa shape index (κ3) is 3.74. The van der Waals surface area contributed by atoms with Crippen molar-refractivity contribution in [3.05, 3.63) is 59.9 Å². The summed E-state index contributed by atoms with van der Waals surface area (Å²) >= 11 is 0. The Kier molecular flexibility index (Phi) is 4.94. The van der Waals surface area contributed by atoms with Crippen molar-refractivity contribution in [3.8, 4) is 0 Å². The van der Waals surface area contributed by atoms with E-state index in [9.17, 15) is 4.79 Å². The number of carbonyl (C=O) groups is 1. The Bertz CT molecular complexity index is 940. The lowest BCUT2D eigenvalue weighted by molar-refractivity contribution is 0.102. The Morgan fingerprint density at radius 2 is 1.85 bits per heavy atom. The van der Waals surface area contributed by atoms with Crippen LogP contribution in [0.1, 0.15) is 48.9 Å². The van der Waals surface area contributed by atoms with Crippen LogP contribution in [0.25, 0.3) is 11.0 Å². The van der Waals surface area contributed by atoms with Gasteiger partial charge in [-0.2, -0.15) is 0 Å². The summed E-state index contributed by atoms with van der Waals surface area (Å²) in [6.45, 7) is 7.58. The van der Waals surface area contributed by atoms with E-state index in [-0.39, 0.29) is 5.91 Å². The topological polar surface area (TPSA) is 50.2 Å². The van der Waals surface area contributed by atoms with Crippen molar-refractivity contribution in [2.24, 2.45) is 0 Å². The first-order valence-corrected chi connectivity index (χ1v) is 9.71. The van der Waals surface area contributed by atoms with Crippen LogP contribution in [0.5, 0.6) is 0 Å². The molecule has 2 heterocycles. The zero-order valence-electron chi connectivity index (χ0n) is 16.0. The molecule has 1 saturated heterocycles. The average Bonchev–Trinajstić information content (AvgIpc) is 3.29. The number of nitrogens with zero attached hydrogens (tertiary/aromatic N) is 3. The van der Waals surface area contributed by atoms with Gasteiger partial charge in [0.05, 0.1) is 17.6 Å². The molecule has 0 spiro atoms. The molecule has 0 bridgehead atoms. The monoisotopic (exact) mass is 362 g/mol. The molecule has 4 rings (SSSR count). The number of likely N-dealkylation sites (tertiary alicyclic amines) is 1. The van der Waals surface area contributed by atoms with Crippen LogP contribution in [0.15, 0.2) is 48.5 Å². The zero-order chi connectivity index (χ0) is 18.8. The van der Waals surface area contributed by atoms with Crippen LogP contribution in [-0.2, 0) is 6.54 Å². The maximum atomic E-state index is 12.4. The Morgan fingerprint density at radius 3 is 2.56 bits per heavy atom. The van der Waals surface area contributed by atoms with Crippen LogP contribution in [0.2, 0.25) is 0 Å². The number of imidazole rings is 1. The lowest BCUT2D eigenvalue weighted by atomic mass is 10.2. The molecule has 0 unspecified atom stereocenters. The summed E-state index contributed by atoms with van der Waals surface area (Å²) < 4.78 is 2.32. The maximum Gasteiger partial charge on any atom is 0.255 e. The van der Waals surface area contributed by atoms with Crippen molar-refractivity contribution in [2.45, 2.75) is 39.3 Å². The maximum absolute atomic E-state index is 12.4. The zero-order valence-corrected chi connectivity index (χ0v) is 16.0. The molecule has 1 aliphatic heterocycles. The molecule has 1 N–H and O–H groups in total. The van der Waals surface area contributed by atoms with Gasteiger partial charge in [0.1, 0.15) is 5.82 Å². The normalized spacial score (nSPS) is 14.9. The smallest absolute Gasteiger partial charge is 0.255 e. The third-order valence-corrected chi connectivity index (χ3v) is 5.14. The molecule has 5 nitrogen and oxygen atoms in total. The fraction of sp³-hybridized carbons (Fsp3) is 0.364. The van der Waals surface area contributed by atoms with Crippen molar-refractivity contribution in [2.75, 3.05) is 18.4 Å². The predicted octanol–water partition coefficient (Wildman–Crippen LogP) is 4.47. The Hall–Kier alpha value is -2.66. The van der Waals surface area contributed by atoms with Crippen molar-refractivity contribution in [3.63, 3.8) is 0 Å². The molecular formula is C22H26N4O. The van der Waals surface area contributed by atoms with Crippen LogP contribution >= 0.6 is 0 Å². The Balaban J connectivity index is 1.62. The van der Waals surface area contributed by atoms with Gasteiger partial charge in [-0.1, -0.05) is 18.2 Å². The number of nitrogens with one attached hydrogen (secondary N) is 1. The second-order valence-corrected chi connectivity index (χ2v) is 7.50. The number of fused-ring (bicyclic) bond motifs is 1. The number of aromatic nitrogens is 2. The lowest BCUT2D eigenvalue weighted by Crippen LogP contribution is -2.21. The number of amides is 1. The molecule has 3 aromatic rings. The molecule has 140 valence electrons. The minimum Gasteiger partial charge on any atom is -0.324 e. The van der Waals surface area contributed by atoms with Gasteiger partial charge in [0.15, 0.2) is 0 Å². The molecule has 0 aliphatic carbocycles. The van der Waals surface area contributed by atoms with Gasteiger partial charge in [-0.3, -0.25) is 9.69 Å². The highest BCUT2D eigenvalue weighted by Gasteiger charge is 2.19. The molecule has 1 amide bonds. The van der Waals surface area contributed by atoms with Gasteiger partial charge >= 0.3 is 0 Å². The van der Waals surface area contributed by atoms with Crippen LogP contribution in [0, 0.1) is 0 Å². The molecular weight excluding hydrogens is 336 g/mol. The molecule has 5 heteroatoms. The van der Waals surface area contributed by atoms with E-state index in [1.54, 1.807) is 0 Å². The fourth-order valence-electron chi connectivity index (χ4n) is 3.85. The van der Waals surface area contributed by atoms with Crippen molar-refractivity contribution in [1.29, 1.82) is 0 Å². The van der Waals surface area contributed by atoms with Crippen LogP contribution < -0.4 is 5.32 Å². The molecule has 0 saturated carbocycles. The van der Waals surface area contributed by atoms with E-state index in [2.05, 4.69) is 34.7 Å². The van der Waals surface area contributed by atoms with E-state index in [0.29, 0.717) is 11.6 Å². The van der Waals surface area contributed by atoms with Gasteiger partial charge in [-0.25, -0.2) is 4.98 Å². The lowest BCUT2D eigenvalue weighted by Gasteiger charge is -2.18. The van der Waals surface area contributed by atoms with Gasteiger partial charge in [-0.05, 0) is 70.1 Å². The first-order valence-electron chi connectivity index (χ1n) is 9.71. The van der Waals surface area contributed by atoms with E-state index < -0.39 is 0 Å². The predicted molar refractivity (Wildman–Crippen MR) is 109 cm³/mol. The van der Waals surface area contributed by atoms with E-state index in [0.717, 1.165) is 42.2 Å². The van der Waals surface area contributed by atoms with Gasteiger partial charge in [0.25, 0.3) is 5.91 Å². The van der Waals surface area contributed by atoms with E-state index in [1.165, 1.54) is 12.8 Å². The fourth-order valence-corrected chi connectivity index (χ4v) is 3.85. The van der Waals surface area contributed by atoms with E-state index in [1.807, 2.05) is 42.5 Å².